The SMILES string of the molecule is O=C(N[C@@H](Cc1ccc(O)cc1)C(=O)N1CC[C@H]2OCC(=O)[C@H]21)c1ccc2c(ccc[n+]2O)c1. The Bertz CT molecular complexity index is 1280. The number of carbonyl (C=O) groups excluding carboxylic acids is 3. The normalized spacial score (nSPS) is 20.4. The Kier molecular flexibility index (Phi) is 5.62. The number of aromatic nitrogens is 1. The number of phenols is 1. The fourth-order valence-electron chi connectivity index (χ4n) is 4.70. The zero-order valence-electron chi connectivity index (χ0n) is 18.3. The maximum absolute atomic E-state index is 13.5. The Labute approximate surface area is 195 Å². The molecule has 34 heavy (non-hydrogen) atoms. The van der Waals surface area contributed by atoms with Gasteiger partial charge in [-0.2, -0.15) is 0 Å². The number of rotatable bonds is 5. The van der Waals surface area contributed by atoms with Gasteiger partial charge in [0.05, 0.1) is 11.5 Å². The number of pyridine rings is 1. The van der Waals surface area contributed by atoms with Gasteiger partial charge in [-0.1, -0.05) is 12.1 Å². The van der Waals surface area contributed by atoms with Crippen LogP contribution in [0.4, 0.5) is 0 Å². The van der Waals surface area contributed by atoms with Gasteiger partial charge >= 0.3 is 0 Å². The lowest BCUT2D eigenvalue weighted by Gasteiger charge is -2.27. The topological polar surface area (TPSA) is 120 Å². The second-order valence-electron chi connectivity index (χ2n) is 8.60. The van der Waals surface area contributed by atoms with Crippen LogP contribution in [0.2, 0.25) is 0 Å². The highest BCUT2D eigenvalue weighted by Crippen LogP contribution is 2.28. The van der Waals surface area contributed by atoms with Gasteiger partial charge in [0.2, 0.25) is 12.1 Å². The number of benzene rings is 2. The van der Waals surface area contributed by atoms with E-state index in [1.807, 2.05) is 0 Å². The van der Waals surface area contributed by atoms with Gasteiger partial charge in [0.1, 0.15) is 24.4 Å². The highest BCUT2D eigenvalue weighted by molar-refractivity contribution is 6.01. The van der Waals surface area contributed by atoms with Crippen LogP contribution in [0.15, 0.2) is 60.8 Å². The van der Waals surface area contributed by atoms with Crippen molar-refractivity contribution in [3.8, 4) is 5.75 Å². The van der Waals surface area contributed by atoms with Crippen molar-refractivity contribution in [3.63, 3.8) is 0 Å². The van der Waals surface area contributed by atoms with Gasteiger partial charge in [-0.3, -0.25) is 19.6 Å². The van der Waals surface area contributed by atoms with Crippen molar-refractivity contribution >= 4 is 28.5 Å². The van der Waals surface area contributed by atoms with Gasteiger partial charge in [0.25, 0.3) is 11.4 Å². The molecule has 2 aliphatic rings. The lowest BCUT2D eigenvalue weighted by Crippen LogP contribution is -2.53. The van der Waals surface area contributed by atoms with Crippen LogP contribution in [0.5, 0.6) is 5.75 Å². The van der Waals surface area contributed by atoms with Crippen molar-refractivity contribution in [2.75, 3.05) is 13.2 Å². The predicted molar refractivity (Wildman–Crippen MR) is 119 cm³/mol. The molecule has 9 heteroatoms. The molecule has 3 heterocycles. The minimum Gasteiger partial charge on any atom is -0.508 e. The highest BCUT2D eigenvalue weighted by Gasteiger charge is 2.48. The molecule has 9 nitrogen and oxygen atoms in total. The van der Waals surface area contributed by atoms with Gasteiger partial charge in [-0.05, 0) is 42.3 Å². The summed E-state index contributed by atoms with van der Waals surface area (Å²) in [6, 6.07) is 13.2. The van der Waals surface area contributed by atoms with Crippen molar-refractivity contribution in [3.05, 3.63) is 71.9 Å². The molecule has 0 spiro atoms. The summed E-state index contributed by atoms with van der Waals surface area (Å²) in [4.78, 5) is 40.5. The van der Waals surface area contributed by atoms with Crippen LogP contribution >= 0.6 is 0 Å². The molecule has 2 amide bonds. The van der Waals surface area contributed by atoms with Crippen molar-refractivity contribution in [1.29, 1.82) is 0 Å². The van der Waals surface area contributed by atoms with Crippen molar-refractivity contribution in [2.24, 2.45) is 0 Å². The van der Waals surface area contributed by atoms with Gasteiger partial charge < -0.3 is 20.1 Å². The second-order valence-corrected chi connectivity index (χ2v) is 8.60. The van der Waals surface area contributed by atoms with E-state index in [0.29, 0.717) is 29.4 Å². The number of phenolic OH excluding ortho intramolecular Hbond substituents is 1. The monoisotopic (exact) mass is 462 g/mol. The number of ether oxygens (including phenoxy) is 1. The van der Waals surface area contributed by atoms with E-state index in [1.165, 1.54) is 23.2 Å². The Morgan fingerprint density at radius 1 is 1.18 bits per heavy atom. The van der Waals surface area contributed by atoms with Crippen molar-refractivity contribution < 1.29 is 34.2 Å². The zero-order chi connectivity index (χ0) is 23.8. The molecule has 3 N–H and O–H groups in total. The zero-order valence-corrected chi connectivity index (χ0v) is 18.3. The molecule has 5 rings (SSSR count). The van der Waals surface area contributed by atoms with Gasteiger partial charge in [0, 0.05) is 35.4 Å². The van der Waals surface area contributed by atoms with E-state index in [4.69, 9.17) is 4.74 Å². The summed E-state index contributed by atoms with van der Waals surface area (Å²) in [5.74, 6) is -0.819. The number of ketones is 1. The largest absolute Gasteiger partial charge is 0.508 e. The summed E-state index contributed by atoms with van der Waals surface area (Å²) in [6.07, 6.45) is 1.96. The maximum atomic E-state index is 13.5. The van der Waals surface area contributed by atoms with E-state index >= 15 is 0 Å². The predicted octanol–water partition coefficient (Wildman–Crippen LogP) is 0.980. The number of hydrogen-bond donors (Lipinski definition) is 3. The number of aromatic hydroxyl groups is 1. The molecule has 3 aromatic rings. The first-order valence-electron chi connectivity index (χ1n) is 11.1. The number of nitrogens with zero attached hydrogens (tertiary/aromatic N) is 2. The molecule has 2 aliphatic heterocycles. The fourth-order valence-corrected chi connectivity index (χ4v) is 4.70. The number of Topliss-reactive ketones (excluding diaryl/α,β-unsaturated/α-hetero) is 1. The van der Waals surface area contributed by atoms with E-state index in [0.717, 1.165) is 10.3 Å². The Morgan fingerprint density at radius 2 is 1.97 bits per heavy atom. The summed E-state index contributed by atoms with van der Waals surface area (Å²) in [7, 11) is 0. The first kappa shape index (κ1) is 21.8. The van der Waals surface area contributed by atoms with Crippen LogP contribution in [0, 0.1) is 0 Å². The lowest BCUT2D eigenvalue weighted by molar-refractivity contribution is -0.884. The average molecular weight is 462 g/mol. The van der Waals surface area contributed by atoms with Crippen LogP contribution in [0.1, 0.15) is 22.3 Å². The van der Waals surface area contributed by atoms with Crippen molar-refractivity contribution in [1.82, 2.24) is 10.2 Å². The number of nitrogens with one attached hydrogen (secondary N) is 1. The van der Waals surface area contributed by atoms with E-state index in [-0.39, 0.29) is 36.6 Å². The number of amides is 2. The van der Waals surface area contributed by atoms with Crippen LogP contribution in [0.3, 0.4) is 0 Å². The maximum Gasteiger partial charge on any atom is 0.264 e. The molecule has 0 unspecified atom stereocenters. The second kappa shape index (κ2) is 8.75. The quantitative estimate of drug-likeness (QED) is 0.384. The molecule has 0 aliphatic carbocycles. The summed E-state index contributed by atoms with van der Waals surface area (Å²) in [6.45, 7) is 0.379. The Hall–Kier alpha value is -3.98. The molecular weight excluding hydrogens is 438 g/mol. The fraction of sp³-hybridized carbons (Fsp3) is 0.280. The highest BCUT2D eigenvalue weighted by atomic mass is 16.5. The molecule has 2 fully saturated rings. The van der Waals surface area contributed by atoms with E-state index in [9.17, 15) is 24.7 Å². The van der Waals surface area contributed by atoms with Crippen LogP contribution < -0.4 is 10.0 Å². The van der Waals surface area contributed by atoms with E-state index in [2.05, 4.69) is 5.32 Å². The number of fused-ring (bicyclic) bond motifs is 2. The molecule has 2 aromatic carbocycles. The molecular formula is C25H24N3O6+. The number of carbonyl (C=O) groups is 3. The molecule has 2 saturated heterocycles. The molecule has 0 saturated carbocycles. The Balaban J connectivity index is 1.42. The first-order valence-corrected chi connectivity index (χ1v) is 11.1. The van der Waals surface area contributed by atoms with Crippen molar-refractivity contribution in [2.45, 2.75) is 31.0 Å². The van der Waals surface area contributed by atoms with Gasteiger partial charge in [0.15, 0.2) is 5.78 Å². The van der Waals surface area contributed by atoms with Gasteiger partial charge in [-0.25, -0.2) is 0 Å². The first-order chi connectivity index (χ1) is 16.4. The molecule has 0 bridgehead atoms. The van der Waals surface area contributed by atoms with Crippen LogP contribution in [-0.2, 0) is 20.7 Å². The Morgan fingerprint density at radius 3 is 2.76 bits per heavy atom. The van der Waals surface area contributed by atoms with Crippen LogP contribution in [-0.4, -0.2) is 64.2 Å². The standard InChI is InChI=1S/C25H23N3O6/c29-18-6-3-15(4-7-18)12-19(25(32)27-11-9-22-23(27)21(30)14-34-22)26-24(31)17-5-8-20-16(13-17)2-1-10-28(20)33/h1-8,10,13,19,22-23H,9,11-12,14H2,(H2-,26,29,31,33)/p+1/t19-,22+,23+/m0/s1. The number of likely N-dealkylation sites (tertiary alicyclic amines) is 1. The average Bonchev–Trinajstić information content (AvgIpc) is 3.42. The summed E-state index contributed by atoms with van der Waals surface area (Å²) < 4.78 is 6.47. The van der Waals surface area contributed by atoms with Gasteiger partial charge in [-0.15, -0.1) is 0 Å². The molecule has 174 valence electrons. The molecule has 1 aromatic heterocycles. The number of hydrogen-bond acceptors (Lipinski definition) is 6. The molecule has 3 atom stereocenters. The summed E-state index contributed by atoms with van der Waals surface area (Å²) in [5, 5.41) is 23.0. The van der Waals surface area contributed by atoms with E-state index in [1.54, 1.807) is 42.5 Å². The summed E-state index contributed by atoms with van der Waals surface area (Å²) >= 11 is 0. The molecule has 0 radical (unpaired) electrons. The lowest BCUT2D eigenvalue weighted by atomic mass is 10.0. The smallest absolute Gasteiger partial charge is 0.264 e. The van der Waals surface area contributed by atoms with E-state index < -0.39 is 18.0 Å². The minimum absolute atomic E-state index is 0.00392. The van der Waals surface area contributed by atoms with Crippen LogP contribution in [0.25, 0.3) is 10.9 Å². The summed E-state index contributed by atoms with van der Waals surface area (Å²) in [5.41, 5.74) is 1.63. The third kappa shape index (κ3) is 4.06. The third-order valence-electron chi connectivity index (χ3n) is 6.41. The third-order valence-corrected chi connectivity index (χ3v) is 6.41. The minimum atomic E-state index is -0.918.